The summed E-state index contributed by atoms with van der Waals surface area (Å²) in [5.74, 6) is 0.467. The van der Waals surface area contributed by atoms with Crippen molar-refractivity contribution in [2.45, 2.75) is 19.8 Å². The van der Waals surface area contributed by atoms with Gasteiger partial charge in [-0.05, 0) is 6.42 Å². The predicted molar refractivity (Wildman–Crippen MR) is 56.3 cm³/mol. The van der Waals surface area contributed by atoms with Gasteiger partial charge in [0.25, 0.3) is 0 Å². The van der Waals surface area contributed by atoms with Crippen molar-refractivity contribution in [1.82, 2.24) is 9.97 Å². The van der Waals surface area contributed by atoms with Crippen molar-refractivity contribution < 1.29 is 4.74 Å². The lowest BCUT2D eigenvalue weighted by Gasteiger charge is -2.07. The number of nitrogens with zero attached hydrogens (tertiary/aromatic N) is 2. The topological polar surface area (TPSA) is 87.0 Å². The normalized spacial score (nSPS) is 10.1. The Morgan fingerprint density at radius 1 is 1.36 bits per heavy atom. The minimum absolute atomic E-state index is 0.0680. The zero-order valence-electron chi connectivity index (χ0n) is 7.96. The third-order valence-electron chi connectivity index (χ3n) is 1.60. The van der Waals surface area contributed by atoms with Crippen LogP contribution < -0.4 is 16.2 Å². The zero-order chi connectivity index (χ0) is 10.6. The van der Waals surface area contributed by atoms with Crippen LogP contribution in [0.15, 0.2) is 0 Å². The van der Waals surface area contributed by atoms with E-state index in [9.17, 15) is 0 Å². The molecule has 0 amide bonds. The van der Waals surface area contributed by atoms with Crippen LogP contribution in [0.2, 0.25) is 5.02 Å². The SMILES string of the molecule is CCCCOc1nc(N)nc(N)c1Cl. The molecule has 0 unspecified atom stereocenters. The summed E-state index contributed by atoms with van der Waals surface area (Å²) in [6.45, 7) is 2.61. The second-order valence-corrected chi connectivity index (χ2v) is 3.17. The quantitative estimate of drug-likeness (QED) is 0.745. The van der Waals surface area contributed by atoms with E-state index in [0.29, 0.717) is 6.61 Å². The molecule has 0 saturated heterocycles. The van der Waals surface area contributed by atoms with E-state index in [-0.39, 0.29) is 22.7 Å². The summed E-state index contributed by atoms with van der Waals surface area (Å²) >= 11 is 5.81. The molecule has 0 aromatic carbocycles. The average Bonchev–Trinajstić information content (AvgIpc) is 2.13. The van der Waals surface area contributed by atoms with Crippen LogP contribution in [-0.4, -0.2) is 16.6 Å². The summed E-state index contributed by atoms with van der Waals surface area (Å²) in [6.07, 6.45) is 1.97. The van der Waals surface area contributed by atoms with Crippen molar-refractivity contribution in [3.8, 4) is 5.88 Å². The van der Waals surface area contributed by atoms with Gasteiger partial charge in [0.2, 0.25) is 11.8 Å². The molecule has 4 N–H and O–H groups in total. The molecule has 0 fully saturated rings. The maximum absolute atomic E-state index is 5.81. The number of unbranched alkanes of at least 4 members (excludes halogenated alkanes) is 1. The Labute approximate surface area is 87.4 Å². The molecule has 1 heterocycles. The maximum atomic E-state index is 5.81. The van der Waals surface area contributed by atoms with E-state index < -0.39 is 0 Å². The number of anilines is 2. The van der Waals surface area contributed by atoms with Crippen molar-refractivity contribution in [2.75, 3.05) is 18.1 Å². The number of hydrogen-bond donors (Lipinski definition) is 2. The molecule has 0 aliphatic carbocycles. The van der Waals surface area contributed by atoms with Crippen molar-refractivity contribution in [3.05, 3.63) is 5.02 Å². The Kier molecular flexibility index (Phi) is 3.76. The molecule has 14 heavy (non-hydrogen) atoms. The summed E-state index contributed by atoms with van der Waals surface area (Å²) in [4.78, 5) is 7.53. The smallest absolute Gasteiger partial charge is 0.239 e. The molecule has 0 spiro atoms. The minimum atomic E-state index is 0.0680. The number of nitrogen functional groups attached to an aromatic ring is 2. The number of aromatic nitrogens is 2. The molecule has 1 rings (SSSR count). The lowest BCUT2D eigenvalue weighted by molar-refractivity contribution is 0.298. The molecule has 0 aliphatic rings. The van der Waals surface area contributed by atoms with E-state index in [4.69, 9.17) is 27.8 Å². The van der Waals surface area contributed by atoms with Crippen LogP contribution in [0, 0.1) is 0 Å². The van der Waals surface area contributed by atoms with Gasteiger partial charge in [0.1, 0.15) is 5.02 Å². The van der Waals surface area contributed by atoms with E-state index in [2.05, 4.69) is 16.9 Å². The van der Waals surface area contributed by atoms with Gasteiger partial charge in [-0.25, -0.2) is 0 Å². The Morgan fingerprint density at radius 2 is 2.07 bits per heavy atom. The standard InChI is InChI=1S/C8H13ClN4O/c1-2-3-4-14-7-5(9)6(10)12-8(11)13-7/h2-4H2,1H3,(H4,10,11,12,13). The molecular formula is C8H13ClN4O. The van der Waals surface area contributed by atoms with Crippen LogP contribution >= 0.6 is 11.6 Å². The van der Waals surface area contributed by atoms with Crippen LogP contribution in [0.4, 0.5) is 11.8 Å². The van der Waals surface area contributed by atoms with Crippen LogP contribution in [-0.2, 0) is 0 Å². The lowest BCUT2D eigenvalue weighted by Crippen LogP contribution is -2.05. The van der Waals surface area contributed by atoms with Gasteiger partial charge in [0, 0.05) is 0 Å². The van der Waals surface area contributed by atoms with Gasteiger partial charge < -0.3 is 16.2 Å². The van der Waals surface area contributed by atoms with Crippen molar-refractivity contribution in [2.24, 2.45) is 0 Å². The highest BCUT2D eigenvalue weighted by atomic mass is 35.5. The first-order chi connectivity index (χ1) is 6.65. The monoisotopic (exact) mass is 216 g/mol. The molecule has 5 nitrogen and oxygen atoms in total. The third kappa shape index (κ3) is 2.63. The molecule has 78 valence electrons. The van der Waals surface area contributed by atoms with E-state index in [0.717, 1.165) is 12.8 Å². The first kappa shape index (κ1) is 10.8. The number of halogens is 1. The zero-order valence-corrected chi connectivity index (χ0v) is 8.71. The number of rotatable bonds is 4. The Hall–Kier alpha value is -1.23. The summed E-state index contributed by atoms with van der Waals surface area (Å²) < 4.78 is 5.30. The second-order valence-electron chi connectivity index (χ2n) is 2.79. The summed E-state index contributed by atoms with van der Waals surface area (Å²) in [7, 11) is 0. The highest BCUT2D eigenvalue weighted by Gasteiger charge is 2.09. The molecule has 1 aromatic rings. The van der Waals surface area contributed by atoms with Crippen molar-refractivity contribution in [1.29, 1.82) is 0 Å². The molecule has 0 bridgehead atoms. The molecule has 1 aromatic heterocycles. The molecular weight excluding hydrogens is 204 g/mol. The van der Waals surface area contributed by atoms with Gasteiger partial charge in [0.15, 0.2) is 5.82 Å². The van der Waals surface area contributed by atoms with Crippen LogP contribution in [0.3, 0.4) is 0 Å². The minimum Gasteiger partial charge on any atom is -0.476 e. The fourth-order valence-electron chi connectivity index (χ4n) is 0.869. The Balaban J connectivity index is 2.75. The molecule has 0 saturated carbocycles. The first-order valence-electron chi connectivity index (χ1n) is 4.36. The van der Waals surface area contributed by atoms with Crippen LogP contribution in [0.25, 0.3) is 0 Å². The van der Waals surface area contributed by atoms with Gasteiger partial charge in [0.05, 0.1) is 6.61 Å². The fraction of sp³-hybridized carbons (Fsp3) is 0.500. The van der Waals surface area contributed by atoms with Gasteiger partial charge in [-0.3, -0.25) is 0 Å². The van der Waals surface area contributed by atoms with E-state index in [1.54, 1.807) is 0 Å². The third-order valence-corrected chi connectivity index (χ3v) is 1.96. The van der Waals surface area contributed by atoms with Gasteiger partial charge in [-0.2, -0.15) is 9.97 Å². The largest absolute Gasteiger partial charge is 0.476 e. The van der Waals surface area contributed by atoms with Crippen LogP contribution in [0.5, 0.6) is 5.88 Å². The second kappa shape index (κ2) is 4.85. The van der Waals surface area contributed by atoms with Crippen molar-refractivity contribution in [3.63, 3.8) is 0 Å². The van der Waals surface area contributed by atoms with E-state index in [1.165, 1.54) is 0 Å². The number of hydrogen-bond acceptors (Lipinski definition) is 5. The maximum Gasteiger partial charge on any atom is 0.239 e. The molecule has 6 heteroatoms. The highest BCUT2D eigenvalue weighted by molar-refractivity contribution is 6.34. The summed E-state index contributed by atoms with van der Waals surface area (Å²) in [6, 6.07) is 0. The van der Waals surface area contributed by atoms with Gasteiger partial charge >= 0.3 is 0 Å². The average molecular weight is 217 g/mol. The van der Waals surface area contributed by atoms with Crippen molar-refractivity contribution >= 4 is 23.4 Å². The summed E-state index contributed by atoms with van der Waals surface area (Å²) in [5, 5.41) is 0.218. The Morgan fingerprint density at radius 3 is 2.71 bits per heavy atom. The highest BCUT2D eigenvalue weighted by Crippen LogP contribution is 2.27. The summed E-state index contributed by atoms with van der Waals surface area (Å²) in [5.41, 5.74) is 10.9. The fourth-order valence-corrected chi connectivity index (χ4v) is 1.01. The Bertz CT molecular complexity index is 318. The predicted octanol–water partition coefficient (Wildman–Crippen LogP) is 1.47. The molecule has 0 radical (unpaired) electrons. The van der Waals surface area contributed by atoms with E-state index in [1.807, 2.05) is 0 Å². The van der Waals surface area contributed by atoms with E-state index >= 15 is 0 Å². The van der Waals surface area contributed by atoms with Crippen LogP contribution in [0.1, 0.15) is 19.8 Å². The number of nitrogens with two attached hydrogens (primary N) is 2. The first-order valence-corrected chi connectivity index (χ1v) is 4.74. The molecule has 0 aliphatic heterocycles. The lowest BCUT2D eigenvalue weighted by atomic mass is 10.4. The van der Waals surface area contributed by atoms with Gasteiger partial charge in [-0.15, -0.1) is 0 Å². The van der Waals surface area contributed by atoms with Gasteiger partial charge in [-0.1, -0.05) is 24.9 Å². The molecule has 0 atom stereocenters. The number of ether oxygens (including phenoxy) is 1.